The lowest BCUT2D eigenvalue weighted by Crippen LogP contribution is -2.46. The van der Waals surface area contributed by atoms with Crippen LogP contribution in [0.15, 0.2) is 36.5 Å². The molecule has 1 unspecified atom stereocenters. The van der Waals surface area contributed by atoms with Crippen molar-refractivity contribution in [1.82, 2.24) is 10.3 Å². The van der Waals surface area contributed by atoms with E-state index in [1.807, 2.05) is 0 Å². The molecule has 7 nitrogen and oxygen atoms in total. The molecule has 0 spiro atoms. The summed E-state index contributed by atoms with van der Waals surface area (Å²) < 4.78 is 42.9. The molecule has 1 aromatic heterocycles. The molecule has 2 rings (SSSR count). The molecule has 0 saturated carbocycles. The van der Waals surface area contributed by atoms with Crippen molar-refractivity contribution < 1.29 is 32.3 Å². The van der Waals surface area contributed by atoms with E-state index >= 15 is 0 Å². The molecule has 1 aromatic carbocycles. The van der Waals surface area contributed by atoms with Gasteiger partial charge < -0.3 is 15.4 Å². The summed E-state index contributed by atoms with van der Waals surface area (Å²) in [5.41, 5.74) is -0.922. The number of alkyl halides is 3. The van der Waals surface area contributed by atoms with Crippen LogP contribution in [0.4, 0.5) is 19.0 Å². The number of ether oxygens (including phenoxy) is 1. The van der Waals surface area contributed by atoms with Gasteiger partial charge in [-0.15, -0.1) is 0 Å². The van der Waals surface area contributed by atoms with Gasteiger partial charge in [0.2, 0.25) is 0 Å². The lowest BCUT2D eigenvalue weighted by atomic mass is 10.0. The van der Waals surface area contributed by atoms with Crippen molar-refractivity contribution in [2.75, 3.05) is 11.9 Å². The predicted molar refractivity (Wildman–Crippen MR) is 111 cm³/mol. The van der Waals surface area contributed by atoms with Crippen LogP contribution in [0.2, 0.25) is 10.0 Å². The Morgan fingerprint density at radius 2 is 1.78 bits per heavy atom. The maximum absolute atomic E-state index is 12.7. The molecule has 0 aliphatic heterocycles. The summed E-state index contributed by atoms with van der Waals surface area (Å²) in [6.45, 7) is 2.54. The molecule has 2 aromatic rings. The Labute approximate surface area is 191 Å². The highest BCUT2D eigenvalue weighted by atomic mass is 35.5. The van der Waals surface area contributed by atoms with E-state index in [-0.39, 0.29) is 22.3 Å². The third-order valence-electron chi connectivity index (χ3n) is 4.10. The second-order valence-electron chi connectivity index (χ2n) is 6.88. The molecular formula is C20H18Cl2F3N3O4. The molecule has 172 valence electrons. The number of nitrogens with one attached hydrogen (secondary N) is 2. The number of halogens is 5. The number of carbonyl (C=O) groups excluding carboxylic acids is 3. The molecular weight excluding hydrogens is 474 g/mol. The van der Waals surface area contributed by atoms with Crippen molar-refractivity contribution in [3.05, 3.63) is 57.7 Å². The molecule has 1 atom stereocenters. The zero-order valence-electron chi connectivity index (χ0n) is 16.8. The predicted octanol–water partition coefficient (Wildman–Crippen LogP) is 4.34. The van der Waals surface area contributed by atoms with Gasteiger partial charge in [-0.1, -0.05) is 49.2 Å². The van der Waals surface area contributed by atoms with Crippen LogP contribution < -0.4 is 10.6 Å². The van der Waals surface area contributed by atoms with Crippen molar-refractivity contribution in [1.29, 1.82) is 0 Å². The fraction of sp³-hybridized carbons (Fsp3) is 0.300. The van der Waals surface area contributed by atoms with Crippen LogP contribution in [0.3, 0.4) is 0 Å². The third kappa shape index (κ3) is 6.83. The summed E-state index contributed by atoms with van der Waals surface area (Å²) in [5.74, 6) is -3.08. The number of nitrogens with zero attached hydrogens (tertiary/aromatic N) is 1. The van der Waals surface area contributed by atoms with Gasteiger partial charge in [-0.2, -0.15) is 13.2 Å². The summed E-state index contributed by atoms with van der Waals surface area (Å²) >= 11 is 11.7. The molecule has 0 radical (unpaired) electrons. The van der Waals surface area contributed by atoms with Gasteiger partial charge in [0.05, 0.1) is 21.2 Å². The molecule has 0 bridgehead atoms. The summed E-state index contributed by atoms with van der Waals surface area (Å²) in [7, 11) is 0. The Morgan fingerprint density at radius 1 is 1.12 bits per heavy atom. The SMILES string of the molecule is CC(C)C(NC(=O)c1ccccc1Cl)C(=O)OCC(=O)Nc1ncc(C(F)(F)F)cc1Cl. The molecule has 2 N–H and O–H groups in total. The number of hydrogen-bond acceptors (Lipinski definition) is 5. The fourth-order valence-corrected chi connectivity index (χ4v) is 2.88. The van der Waals surface area contributed by atoms with Gasteiger partial charge in [-0.3, -0.25) is 9.59 Å². The quantitative estimate of drug-likeness (QED) is 0.561. The van der Waals surface area contributed by atoms with Crippen LogP contribution in [-0.2, 0) is 20.5 Å². The minimum atomic E-state index is -4.64. The minimum absolute atomic E-state index is 0.161. The molecule has 0 saturated heterocycles. The molecule has 0 aliphatic carbocycles. The van der Waals surface area contributed by atoms with Gasteiger partial charge in [0.15, 0.2) is 12.4 Å². The van der Waals surface area contributed by atoms with Crippen molar-refractivity contribution in [2.24, 2.45) is 5.92 Å². The summed E-state index contributed by atoms with van der Waals surface area (Å²) in [6, 6.07) is 5.77. The lowest BCUT2D eigenvalue weighted by molar-refractivity contribution is -0.150. The first-order valence-corrected chi connectivity index (χ1v) is 9.90. The van der Waals surface area contributed by atoms with E-state index in [1.165, 1.54) is 12.1 Å². The van der Waals surface area contributed by atoms with Gasteiger partial charge >= 0.3 is 12.1 Å². The van der Waals surface area contributed by atoms with Gasteiger partial charge in [0.25, 0.3) is 11.8 Å². The number of anilines is 1. The van der Waals surface area contributed by atoms with E-state index in [2.05, 4.69) is 15.6 Å². The molecule has 12 heteroatoms. The van der Waals surface area contributed by atoms with E-state index < -0.39 is 47.2 Å². The Bertz CT molecular complexity index is 1020. The average Bonchev–Trinajstić information content (AvgIpc) is 2.70. The van der Waals surface area contributed by atoms with Gasteiger partial charge in [-0.25, -0.2) is 9.78 Å². The number of benzene rings is 1. The molecule has 32 heavy (non-hydrogen) atoms. The summed E-state index contributed by atoms with van der Waals surface area (Å²) in [6.07, 6.45) is -4.14. The Kier molecular flexibility index (Phi) is 8.45. The van der Waals surface area contributed by atoms with E-state index in [0.29, 0.717) is 12.3 Å². The smallest absolute Gasteiger partial charge is 0.417 e. The Morgan fingerprint density at radius 3 is 2.34 bits per heavy atom. The number of carbonyl (C=O) groups is 3. The average molecular weight is 492 g/mol. The van der Waals surface area contributed by atoms with E-state index in [0.717, 1.165) is 0 Å². The van der Waals surface area contributed by atoms with E-state index in [9.17, 15) is 27.6 Å². The van der Waals surface area contributed by atoms with Crippen molar-refractivity contribution in [3.8, 4) is 0 Å². The standard InChI is InChI=1S/C20H18Cl2F3N3O4/c1-10(2)16(28-18(30)12-5-3-4-6-13(12)21)19(31)32-9-15(29)27-17-14(22)7-11(8-26-17)20(23,24)25/h3-8,10,16H,9H2,1-2H3,(H,28,30)(H,26,27,29). The maximum atomic E-state index is 12.7. The number of aromatic nitrogens is 1. The molecule has 0 aliphatic rings. The number of esters is 1. The highest BCUT2D eigenvalue weighted by molar-refractivity contribution is 6.34. The first-order valence-electron chi connectivity index (χ1n) is 9.14. The largest absolute Gasteiger partial charge is 0.454 e. The Hall–Kier alpha value is -2.85. The molecule has 0 fully saturated rings. The topological polar surface area (TPSA) is 97.4 Å². The van der Waals surface area contributed by atoms with Crippen LogP contribution in [-0.4, -0.2) is 35.4 Å². The van der Waals surface area contributed by atoms with Crippen LogP contribution in [0.1, 0.15) is 29.8 Å². The second-order valence-corrected chi connectivity index (χ2v) is 7.70. The van der Waals surface area contributed by atoms with Crippen LogP contribution in [0, 0.1) is 5.92 Å². The zero-order valence-corrected chi connectivity index (χ0v) is 18.3. The van der Waals surface area contributed by atoms with Crippen LogP contribution in [0.5, 0.6) is 0 Å². The lowest BCUT2D eigenvalue weighted by Gasteiger charge is -2.21. The number of pyridine rings is 1. The highest BCUT2D eigenvalue weighted by Crippen LogP contribution is 2.32. The second kappa shape index (κ2) is 10.6. The highest BCUT2D eigenvalue weighted by Gasteiger charge is 2.32. The van der Waals surface area contributed by atoms with Gasteiger partial charge in [-0.05, 0) is 24.1 Å². The zero-order chi connectivity index (χ0) is 24.1. The van der Waals surface area contributed by atoms with Gasteiger partial charge in [0.1, 0.15) is 6.04 Å². The summed E-state index contributed by atoms with van der Waals surface area (Å²) in [4.78, 5) is 40.3. The van der Waals surface area contributed by atoms with Crippen molar-refractivity contribution in [3.63, 3.8) is 0 Å². The number of rotatable bonds is 7. The number of amides is 2. The van der Waals surface area contributed by atoms with E-state index in [1.54, 1.807) is 26.0 Å². The van der Waals surface area contributed by atoms with Crippen LogP contribution >= 0.6 is 23.2 Å². The molecule has 1 heterocycles. The van der Waals surface area contributed by atoms with E-state index in [4.69, 9.17) is 27.9 Å². The normalized spacial score (nSPS) is 12.2. The fourth-order valence-electron chi connectivity index (χ4n) is 2.44. The van der Waals surface area contributed by atoms with Crippen molar-refractivity contribution >= 4 is 46.8 Å². The first-order chi connectivity index (χ1) is 14.9. The third-order valence-corrected chi connectivity index (χ3v) is 4.72. The van der Waals surface area contributed by atoms with Crippen molar-refractivity contribution in [2.45, 2.75) is 26.1 Å². The maximum Gasteiger partial charge on any atom is 0.417 e. The monoisotopic (exact) mass is 491 g/mol. The Balaban J connectivity index is 1.97. The number of hydrogen-bond donors (Lipinski definition) is 2. The first kappa shape index (κ1) is 25.4. The summed E-state index contributed by atoms with van der Waals surface area (Å²) in [5, 5.41) is 4.42. The minimum Gasteiger partial charge on any atom is -0.454 e. The van der Waals surface area contributed by atoms with Gasteiger partial charge in [0, 0.05) is 6.20 Å². The molecule has 2 amide bonds. The van der Waals surface area contributed by atoms with Crippen LogP contribution in [0.25, 0.3) is 0 Å².